The van der Waals surface area contributed by atoms with E-state index in [1.165, 1.54) is 29.5 Å². The Morgan fingerprint density at radius 1 is 0.925 bits per heavy atom. The predicted octanol–water partition coefficient (Wildman–Crippen LogP) is 6.15. The number of aromatic hydroxyl groups is 1. The molecular weight excluding hydrogens is 667 g/mol. The lowest BCUT2D eigenvalue weighted by Crippen LogP contribution is -2.41. The van der Waals surface area contributed by atoms with Gasteiger partial charge in [0, 0.05) is 50.4 Å². The van der Waals surface area contributed by atoms with Gasteiger partial charge in [0.1, 0.15) is 11.5 Å². The second-order valence-electron chi connectivity index (χ2n) is 15.3. The molecule has 4 aromatic rings. The summed E-state index contributed by atoms with van der Waals surface area (Å²) in [5, 5.41) is 17.5. The first-order chi connectivity index (χ1) is 25.7. The molecule has 11 nitrogen and oxygen atoms in total. The average molecular weight is 722 g/mol. The number of phenolic OH excluding ortho intramolecular Hbond substituents is 1. The van der Waals surface area contributed by atoms with Gasteiger partial charge >= 0.3 is 5.69 Å². The SMILES string of the molecule is CCOc1cc(N2CCC(CC3CCN(C(=O)C4CCN(Cc5ccc(-n6c(-c7cc(CC)c(C)cc7O)n[nH]c6=O)cc5)CC4)C3)CC2)ccc1N. The zero-order valence-corrected chi connectivity index (χ0v) is 31.5. The molecule has 4 heterocycles. The van der Waals surface area contributed by atoms with E-state index in [0.717, 1.165) is 93.9 Å². The van der Waals surface area contributed by atoms with Crippen LogP contribution < -0.4 is 21.1 Å². The number of rotatable bonds is 11. The van der Waals surface area contributed by atoms with Crippen molar-refractivity contribution in [2.45, 2.75) is 72.3 Å². The summed E-state index contributed by atoms with van der Waals surface area (Å²) < 4.78 is 7.23. The third kappa shape index (κ3) is 8.10. The van der Waals surface area contributed by atoms with Crippen LogP contribution in [0.3, 0.4) is 0 Å². The second-order valence-corrected chi connectivity index (χ2v) is 15.3. The third-order valence-electron chi connectivity index (χ3n) is 11.8. The number of anilines is 2. The Morgan fingerprint density at radius 3 is 2.36 bits per heavy atom. The average Bonchev–Trinajstić information content (AvgIpc) is 3.80. The van der Waals surface area contributed by atoms with Gasteiger partial charge in [-0.2, -0.15) is 5.10 Å². The van der Waals surface area contributed by atoms with E-state index in [1.54, 1.807) is 6.07 Å². The highest BCUT2D eigenvalue weighted by atomic mass is 16.5. The Bertz CT molecular complexity index is 1940. The third-order valence-corrected chi connectivity index (χ3v) is 11.8. The number of hydrogen-bond donors (Lipinski definition) is 3. The van der Waals surface area contributed by atoms with Crippen LogP contribution in [-0.2, 0) is 17.8 Å². The van der Waals surface area contributed by atoms with Crippen LogP contribution in [0.1, 0.15) is 69.1 Å². The van der Waals surface area contributed by atoms with Crippen molar-refractivity contribution in [3.8, 4) is 28.6 Å². The lowest BCUT2D eigenvalue weighted by molar-refractivity contribution is -0.136. The second kappa shape index (κ2) is 16.1. The van der Waals surface area contributed by atoms with Gasteiger partial charge in [-0.05, 0) is 137 Å². The molecule has 7 rings (SSSR count). The van der Waals surface area contributed by atoms with Crippen molar-refractivity contribution in [3.05, 3.63) is 81.8 Å². The maximum absolute atomic E-state index is 13.6. The molecule has 3 aromatic carbocycles. The van der Waals surface area contributed by atoms with Crippen LogP contribution in [0.5, 0.6) is 11.5 Å². The van der Waals surface area contributed by atoms with Gasteiger partial charge in [-0.3, -0.25) is 9.69 Å². The van der Waals surface area contributed by atoms with Gasteiger partial charge in [0.25, 0.3) is 0 Å². The molecule has 4 N–H and O–H groups in total. The molecule has 11 heteroatoms. The summed E-state index contributed by atoms with van der Waals surface area (Å²) in [5.74, 6) is 3.03. The van der Waals surface area contributed by atoms with Crippen LogP contribution in [0, 0.1) is 24.7 Å². The molecule has 282 valence electrons. The van der Waals surface area contributed by atoms with E-state index in [1.807, 2.05) is 50.2 Å². The fourth-order valence-corrected chi connectivity index (χ4v) is 8.74. The van der Waals surface area contributed by atoms with Crippen LogP contribution >= 0.6 is 0 Å². The number of nitrogens with two attached hydrogens (primary N) is 1. The van der Waals surface area contributed by atoms with Crippen LogP contribution in [0.25, 0.3) is 17.1 Å². The first-order valence-corrected chi connectivity index (χ1v) is 19.6. The molecule has 3 aliphatic heterocycles. The van der Waals surface area contributed by atoms with Gasteiger partial charge in [-0.15, -0.1) is 0 Å². The van der Waals surface area contributed by atoms with Crippen molar-refractivity contribution in [1.82, 2.24) is 24.6 Å². The summed E-state index contributed by atoms with van der Waals surface area (Å²) in [6, 6.07) is 17.7. The minimum absolute atomic E-state index is 0.0999. The Labute approximate surface area is 312 Å². The van der Waals surface area contributed by atoms with E-state index in [0.29, 0.717) is 47.1 Å². The number of phenols is 1. The number of benzene rings is 3. The van der Waals surface area contributed by atoms with Crippen molar-refractivity contribution in [2.75, 3.05) is 56.5 Å². The predicted molar refractivity (Wildman–Crippen MR) is 210 cm³/mol. The molecular formula is C42H55N7O4. The van der Waals surface area contributed by atoms with Crippen molar-refractivity contribution >= 4 is 17.3 Å². The summed E-state index contributed by atoms with van der Waals surface area (Å²) in [6.45, 7) is 13.1. The molecule has 0 bridgehead atoms. The number of piperidine rings is 2. The molecule has 53 heavy (non-hydrogen) atoms. The number of hydrogen-bond acceptors (Lipinski definition) is 8. The van der Waals surface area contributed by atoms with E-state index in [-0.39, 0.29) is 17.4 Å². The van der Waals surface area contributed by atoms with Crippen LogP contribution in [0.4, 0.5) is 11.4 Å². The summed E-state index contributed by atoms with van der Waals surface area (Å²) in [7, 11) is 0. The first kappa shape index (κ1) is 36.6. The molecule has 3 aliphatic rings. The maximum atomic E-state index is 13.6. The molecule has 0 aliphatic carbocycles. The fraction of sp³-hybridized carbons (Fsp3) is 0.500. The first-order valence-electron chi connectivity index (χ1n) is 19.6. The Morgan fingerprint density at radius 2 is 1.64 bits per heavy atom. The molecule has 3 saturated heterocycles. The summed E-state index contributed by atoms with van der Waals surface area (Å²) >= 11 is 0. The highest BCUT2D eigenvalue weighted by molar-refractivity contribution is 5.79. The van der Waals surface area contributed by atoms with Gasteiger partial charge < -0.3 is 25.4 Å². The molecule has 0 saturated carbocycles. The van der Waals surface area contributed by atoms with Gasteiger partial charge in [0.05, 0.1) is 23.5 Å². The topological polar surface area (TPSA) is 133 Å². The maximum Gasteiger partial charge on any atom is 0.348 e. The van der Waals surface area contributed by atoms with Crippen molar-refractivity contribution < 1.29 is 14.6 Å². The number of aromatic amines is 1. The molecule has 0 spiro atoms. The number of aryl methyl sites for hydroxylation is 2. The van der Waals surface area contributed by atoms with E-state index < -0.39 is 0 Å². The zero-order chi connectivity index (χ0) is 37.1. The summed E-state index contributed by atoms with van der Waals surface area (Å²) in [6.07, 6.45) is 7.29. The highest BCUT2D eigenvalue weighted by Crippen LogP contribution is 2.35. The number of carbonyl (C=O) groups is 1. The lowest BCUT2D eigenvalue weighted by atomic mass is 9.86. The Hall–Kier alpha value is -4.77. The highest BCUT2D eigenvalue weighted by Gasteiger charge is 2.34. The van der Waals surface area contributed by atoms with Gasteiger partial charge in [0.2, 0.25) is 5.91 Å². The lowest BCUT2D eigenvalue weighted by Gasteiger charge is -2.35. The van der Waals surface area contributed by atoms with Gasteiger partial charge in [0.15, 0.2) is 5.82 Å². The summed E-state index contributed by atoms with van der Waals surface area (Å²) in [5.41, 5.74) is 12.1. The zero-order valence-electron chi connectivity index (χ0n) is 31.5. The molecule has 3 fully saturated rings. The standard InChI is InChI=1S/C42H55N7O4/c1-4-32-24-36(38(50)22-28(32)3)40-44-45-42(52)49(40)34-8-6-30(7-9-34)26-46-17-15-33(16-18-46)41(51)48-21-14-31(27-48)23-29-12-19-47(20-13-29)35-10-11-37(43)39(25-35)53-5-2/h6-11,22,24-25,29,31,33,50H,4-5,12-21,23,26-27,43H2,1-3H3,(H,45,52). The minimum Gasteiger partial charge on any atom is -0.507 e. The van der Waals surface area contributed by atoms with E-state index in [4.69, 9.17) is 10.5 Å². The molecule has 1 aromatic heterocycles. The Balaban J connectivity index is 0.868. The molecule has 0 radical (unpaired) electrons. The van der Waals surface area contributed by atoms with Gasteiger partial charge in [-0.1, -0.05) is 19.1 Å². The van der Waals surface area contributed by atoms with Crippen molar-refractivity contribution in [1.29, 1.82) is 0 Å². The van der Waals surface area contributed by atoms with Crippen LogP contribution in [-0.4, -0.2) is 81.5 Å². The minimum atomic E-state index is -0.352. The number of amides is 1. The monoisotopic (exact) mass is 721 g/mol. The number of nitrogens with one attached hydrogen (secondary N) is 1. The molecule has 1 atom stereocenters. The normalized spacial score (nSPS) is 18.9. The van der Waals surface area contributed by atoms with Gasteiger partial charge in [-0.25, -0.2) is 14.5 Å². The fourth-order valence-electron chi connectivity index (χ4n) is 8.74. The number of ether oxygens (including phenoxy) is 1. The molecule has 1 amide bonds. The van der Waals surface area contributed by atoms with Crippen LogP contribution in [0.2, 0.25) is 0 Å². The summed E-state index contributed by atoms with van der Waals surface area (Å²) in [4.78, 5) is 33.5. The number of likely N-dealkylation sites (tertiary alicyclic amines) is 2. The number of nitrogens with zero attached hydrogens (tertiary/aromatic N) is 5. The van der Waals surface area contributed by atoms with Crippen LogP contribution in [0.15, 0.2) is 59.4 Å². The Kier molecular flexibility index (Phi) is 11.1. The van der Waals surface area contributed by atoms with E-state index in [2.05, 4.69) is 44.0 Å². The van der Waals surface area contributed by atoms with E-state index in [9.17, 15) is 14.7 Å². The smallest absolute Gasteiger partial charge is 0.348 e. The largest absolute Gasteiger partial charge is 0.507 e. The van der Waals surface area contributed by atoms with E-state index >= 15 is 0 Å². The molecule has 1 unspecified atom stereocenters. The number of carbonyl (C=O) groups excluding carboxylic acids is 1. The van der Waals surface area contributed by atoms with Crippen molar-refractivity contribution in [2.24, 2.45) is 17.8 Å². The quantitative estimate of drug-likeness (QED) is 0.157. The number of nitrogen functional groups attached to an aromatic ring is 1. The number of H-pyrrole nitrogens is 1. The number of aromatic nitrogens is 3. The van der Waals surface area contributed by atoms with Crippen molar-refractivity contribution in [3.63, 3.8) is 0 Å².